The lowest BCUT2D eigenvalue weighted by Crippen LogP contribution is -2.38. The van der Waals surface area contributed by atoms with E-state index in [0.29, 0.717) is 25.2 Å². The Labute approximate surface area is 203 Å². The Balaban J connectivity index is 1.74. The van der Waals surface area contributed by atoms with E-state index < -0.39 is 0 Å². The summed E-state index contributed by atoms with van der Waals surface area (Å²) in [6.45, 7) is 10.9. The average molecular weight is 461 g/mol. The number of carbonyl (C=O) groups is 2. The third kappa shape index (κ3) is 6.80. The third-order valence-corrected chi connectivity index (χ3v) is 5.67. The van der Waals surface area contributed by atoms with Crippen molar-refractivity contribution in [3.05, 3.63) is 77.5 Å². The fourth-order valence-electron chi connectivity index (χ4n) is 3.69. The molecule has 3 aromatic rings. The second-order valence-corrected chi connectivity index (χ2v) is 9.76. The van der Waals surface area contributed by atoms with Gasteiger partial charge in [-0.2, -0.15) is 5.10 Å². The van der Waals surface area contributed by atoms with E-state index in [-0.39, 0.29) is 23.8 Å². The molecule has 0 unspecified atom stereocenters. The van der Waals surface area contributed by atoms with Crippen LogP contribution in [0.4, 0.5) is 5.82 Å². The number of hydrogen-bond donors (Lipinski definition) is 1. The summed E-state index contributed by atoms with van der Waals surface area (Å²) in [5.74, 6) is 0.366. The van der Waals surface area contributed by atoms with E-state index in [4.69, 9.17) is 5.10 Å². The van der Waals surface area contributed by atoms with Crippen molar-refractivity contribution in [2.75, 3.05) is 18.4 Å². The van der Waals surface area contributed by atoms with Gasteiger partial charge in [-0.1, -0.05) is 75.7 Å². The van der Waals surface area contributed by atoms with Crippen molar-refractivity contribution in [1.82, 2.24) is 14.7 Å². The van der Waals surface area contributed by atoms with Crippen LogP contribution in [0.3, 0.4) is 0 Å². The predicted octanol–water partition coefficient (Wildman–Crippen LogP) is 5.29. The molecular formula is C28H36N4O2. The van der Waals surface area contributed by atoms with Gasteiger partial charge in [0.15, 0.2) is 0 Å². The van der Waals surface area contributed by atoms with Crippen LogP contribution in [-0.2, 0) is 21.4 Å². The molecule has 6 heteroatoms. The molecule has 0 aliphatic carbocycles. The lowest BCUT2D eigenvalue weighted by molar-refractivity contribution is -0.134. The predicted molar refractivity (Wildman–Crippen MR) is 137 cm³/mol. The van der Waals surface area contributed by atoms with Gasteiger partial charge in [0, 0.05) is 24.4 Å². The first kappa shape index (κ1) is 25.2. The summed E-state index contributed by atoms with van der Waals surface area (Å²) in [7, 11) is 0. The fourth-order valence-corrected chi connectivity index (χ4v) is 3.69. The summed E-state index contributed by atoms with van der Waals surface area (Å²) >= 11 is 0. The van der Waals surface area contributed by atoms with Gasteiger partial charge in [0.25, 0.3) is 0 Å². The SMILES string of the molecule is CCCN(CC(=O)Nc1cc(C(C)(C)C)nn1-c1ccc(C)cc1)C(=O)CCc1ccccc1. The van der Waals surface area contributed by atoms with Crippen molar-refractivity contribution in [3.63, 3.8) is 0 Å². The lowest BCUT2D eigenvalue weighted by atomic mass is 9.92. The number of nitrogens with one attached hydrogen (secondary N) is 1. The summed E-state index contributed by atoms with van der Waals surface area (Å²) in [4.78, 5) is 27.6. The highest BCUT2D eigenvalue weighted by Gasteiger charge is 2.23. The van der Waals surface area contributed by atoms with Crippen molar-refractivity contribution in [3.8, 4) is 5.69 Å². The highest BCUT2D eigenvalue weighted by Crippen LogP contribution is 2.26. The number of rotatable bonds is 9. The van der Waals surface area contributed by atoms with Crippen LogP contribution in [0.2, 0.25) is 0 Å². The minimum atomic E-state index is -0.227. The van der Waals surface area contributed by atoms with Crippen molar-refractivity contribution < 1.29 is 9.59 Å². The Morgan fingerprint density at radius 2 is 1.71 bits per heavy atom. The second-order valence-electron chi connectivity index (χ2n) is 9.76. The molecule has 2 amide bonds. The van der Waals surface area contributed by atoms with Crippen LogP contribution in [0.5, 0.6) is 0 Å². The first-order valence-electron chi connectivity index (χ1n) is 12.0. The van der Waals surface area contributed by atoms with Gasteiger partial charge in [0.1, 0.15) is 5.82 Å². The quantitative estimate of drug-likeness (QED) is 0.472. The molecule has 0 aliphatic heterocycles. The molecule has 1 heterocycles. The summed E-state index contributed by atoms with van der Waals surface area (Å²) in [5, 5.41) is 7.77. The maximum Gasteiger partial charge on any atom is 0.245 e. The summed E-state index contributed by atoms with van der Waals surface area (Å²) < 4.78 is 1.76. The van der Waals surface area contributed by atoms with Gasteiger partial charge in [-0.25, -0.2) is 4.68 Å². The highest BCUT2D eigenvalue weighted by atomic mass is 16.2. The molecule has 180 valence electrons. The molecule has 0 saturated carbocycles. The zero-order valence-corrected chi connectivity index (χ0v) is 21.0. The molecule has 6 nitrogen and oxygen atoms in total. The normalized spacial score (nSPS) is 11.3. The Morgan fingerprint density at radius 3 is 2.32 bits per heavy atom. The van der Waals surface area contributed by atoms with E-state index in [2.05, 4.69) is 26.1 Å². The van der Waals surface area contributed by atoms with E-state index in [1.54, 1.807) is 9.58 Å². The Kier molecular flexibility index (Phi) is 8.26. The number of aromatic nitrogens is 2. The number of carbonyl (C=O) groups excluding carboxylic acids is 2. The van der Waals surface area contributed by atoms with E-state index in [9.17, 15) is 9.59 Å². The van der Waals surface area contributed by atoms with Crippen molar-refractivity contribution in [1.29, 1.82) is 0 Å². The highest BCUT2D eigenvalue weighted by molar-refractivity contribution is 5.94. The topological polar surface area (TPSA) is 67.2 Å². The van der Waals surface area contributed by atoms with Gasteiger partial charge in [-0.3, -0.25) is 9.59 Å². The molecule has 1 aromatic heterocycles. The minimum absolute atomic E-state index is 0.0109. The van der Waals surface area contributed by atoms with Gasteiger partial charge in [0.05, 0.1) is 17.9 Å². The number of aryl methyl sites for hydroxylation is 2. The monoisotopic (exact) mass is 460 g/mol. The number of nitrogens with zero attached hydrogens (tertiary/aromatic N) is 3. The molecule has 0 radical (unpaired) electrons. The van der Waals surface area contributed by atoms with Crippen molar-refractivity contribution in [2.24, 2.45) is 0 Å². The summed E-state index contributed by atoms with van der Waals surface area (Å²) in [6, 6.07) is 19.9. The Bertz CT molecular complexity index is 1100. The molecule has 0 aliphatic rings. The van der Waals surface area contributed by atoms with Crippen LogP contribution >= 0.6 is 0 Å². The molecule has 2 aromatic carbocycles. The van der Waals surface area contributed by atoms with Gasteiger partial charge < -0.3 is 10.2 Å². The standard InChI is InChI=1S/C28H36N4O2/c1-6-18-31(27(34)17-14-22-10-8-7-9-11-22)20-26(33)29-25-19-24(28(3,4)5)30-32(25)23-15-12-21(2)13-16-23/h7-13,15-16,19H,6,14,17-18,20H2,1-5H3,(H,29,33). The average Bonchev–Trinajstić information content (AvgIpc) is 3.22. The molecule has 0 saturated heterocycles. The van der Waals surface area contributed by atoms with Gasteiger partial charge >= 0.3 is 0 Å². The zero-order valence-electron chi connectivity index (χ0n) is 21.0. The van der Waals surface area contributed by atoms with E-state index in [1.165, 1.54) is 0 Å². The molecule has 0 spiro atoms. The minimum Gasteiger partial charge on any atom is -0.333 e. The lowest BCUT2D eigenvalue weighted by Gasteiger charge is -2.22. The van der Waals surface area contributed by atoms with E-state index in [0.717, 1.165) is 28.9 Å². The van der Waals surface area contributed by atoms with Gasteiger partial charge in [0.2, 0.25) is 11.8 Å². The first-order chi connectivity index (χ1) is 16.2. The van der Waals surface area contributed by atoms with E-state index >= 15 is 0 Å². The van der Waals surface area contributed by atoms with Crippen molar-refractivity contribution >= 4 is 17.6 Å². The number of anilines is 1. The summed E-state index contributed by atoms with van der Waals surface area (Å²) in [5.41, 5.74) is 3.86. The Hall–Kier alpha value is -3.41. The van der Waals surface area contributed by atoms with Crippen LogP contribution < -0.4 is 5.32 Å². The number of benzene rings is 2. The zero-order chi connectivity index (χ0) is 24.7. The van der Waals surface area contributed by atoms with E-state index in [1.807, 2.05) is 74.5 Å². The molecule has 34 heavy (non-hydrogen) atoms. The van der Waals surface area contributed by atoms with Crippen molar-refractivity contribution in [2.45, 2.75) is 59.3 Å². The van der Waals surface area contributed by atoms with Crippen LogP contribution in [0.15, 0.2) is 60.7 Å². The van der Waals surface area contributed by atoms with Crippen LogP contribution in [0, 0.1) is 6.92 Å². The number of amides is 2. The fraction of sp³-hybridized carbons (Fsp3) is 0.393. The molecule has 0 fully saturated rings. The van der Waals surface area contributed by atoms with Crippen LogP contribution in [0.25, 0.3) is 5.69 Å². The largest absolute Gasteiger partial charge is 0.333 e. The number of hydrogen-bond acceptors (Lipinski definition) is 3. The molecule has 1 N–H and O–H groups in total. The first-order valence-corrected chi connectivity index (χ1v) is 12.0. The van der Waals surface area contributed by atoms with Crippen LogP contribution in [-0.4, -0.2) is 39.6 Å². The molecule has 0 atom stereocenters. The maximum atomic E-state index is 13.0. The molecular weight excluding hydrogens is 424 g/mol. The summed E-state index contributed by atoms with van der Waals surface area (Å²) in [6.07, 6.45) is 1.84. The second kappa shape index (κ2) is 11.1. The maximum absolute atomic E-state index is 13.0. The van der Waals surface area contributed by atoms with Gasteiger partial charge in [-0.15, -0.1) is 0 Å². The van der Waals surface area contributed by atoms with Gasteiger partial charge in [-0.05, 0) is 37.5 Å². The molecule has 0 bridgehead atoms. The van der Waals surface area contributed by atoms with Crippen LogP contribution in [0.1, 0.15) is 57.4 Å². The molecule has 3 rings (SSSR count). The Morgan fingerprint density at radius 1 is 1.03 bits per heavy atom. The smallest absolute Gasteiger partial charge is 0.245 e. The third-order valence-electron chi connectivity index (χ3n) is 5.67.